The predicted octanol–water partition coefficient (Wildman–Crippen LogP) is 2.14. The maximum atomic E-state index is 11.6. The summed E-state index contributed by atoms with van der Waals surface area (Å²) in [7, 11) is 0. The first-order valence-corrected chi connectivity index (χ1v) is 7.55. The number of nitrogens with one attached hydrogen (secondary N) is 2. The minimum atomic E-state index is -0.196. The molecule has 0 heterocycles. The van der Waals surface area contributed by atoms with E-state index in [-0.39, 0.29) is 24.0 Å². The highest BCUT2D eigenvalue weighted by Gasteiger charge is 2.10. The molecule has 1 aromatic carbocycles. The predicted molar refractivity (Wildman–Crippen MR) is 86.1 cm³/mol. The zero-order valence-corrected chi connectivity index (χ0v) is 13.9. The summed E-state index contributed by atoms with van der Waals surface area (Å²) in [6, 6.07) is 7.91. The third-order valence-electron chi connectivity index (χ3n) is 2.92. The normalized spacial score (nSPS) is 11.1. The Morgan fingerprint density at radius 2 is 1.77 bits per heavy atom. The minimum absolute atomic E-state index is 0.0134. The number of hydrogen-bond donors (Lipinski definition) is 2. The fraction of sp³-hybridized carbons (Fsp3) is 0.529. The van der Waals surface area contributed by atoms with E-state index >= 15 is 0 Å². The molecule has 0 atom stereocenters. The van der Waals surface area contributed by atoms with Gasteiger partial charge in [0.1, 0.15) is 0 Å². The van der Waals surface area contributed by atoms with Gasteiger partial charge in [-0.05, 0) is 31.9 Å². The second-order valence-electron chi connectivity index (χ2n) is 6.13. The molecule has 122 valence electrons. The van der Waals surface area contributed by atoms with E-state index in [1.807, 2.05) is 45.0 Å². The summed E-state index contributed by atoms with van der Waals surface area (Å²) in [6.07, 6.45) is 0.378. The van der Waals surface area contributed by atoms with E-state index in [4.69, 9.17) is 4.74 Å². The van der Waals surface area contributed by atoms with Crippen LogP contribution in [0.3, 0.4) is 0 Å². The molecule has 0 radical (unpaired) electrons. The first-order valence-electron chi connectivity index (χ1n) is 7.55. The highest BCUT2D eigenvalue weighted by atomic mass is 16.5. The molecule has 0 aliphatic rings. The minimum Gasteiger partial charge on any atom is -0.371 e. The maximum Gasteiger partial charge on any atom is 0.239 e. The van der Waals surface area contributed by atoms with Crippen molar-refractivity contribution in [2.75, 3.05) is 6.54 Å². The van der Waals surface area contributed by atoms with Gasteiger partial charge in [0.05, 0.1) is 18.8 Å². The van der Waals surface area contributed by atoms with Crippen LogP contribution in [0.4, 0.5) is 0 Å². The summed E-state index contributed by atoms with van der Waals surface area (Å²) in [5.41, 5.74) is 1.90. The number of amides is 2. The van der Waals surface area contributed by atoms with Gasteiger partial charge >= 0.3 is 0 Å². The van der Waals surface area contributed by atoms with Gasteiger partial charge in [0, 0.05) is 13.0 Å². The average molecular weight is 306 g/mol. The molecule has 0 fully saturated rings. The number of carbonyl (C=O) groups is 2. The maximum absolute atomic E-state index is 11.6. The van der Waals surface area contributed by atoms with Crippen LogP contribution in [-0.2, 0) is 27.5 Å². The SMILES string of the molecule is CCC(=O)NCC(=O)NCc1cccc(COC(C)(C)C)c1. The lowest BCUT2D eigenvalue weighted by Crippen LogP contribution is -2.36. The molecular weight excluding hydrogens is 280 g/mol. The van der Waals surface area contributed by atoms with Crippen LogP contribution in [0.5, 0.6) is 0 Å². The number of carbonyl (C=O) groups excluding carboxylic acids is 2. The van der Waals surface area contributed by atoms with Crippen molar-refractivity contribution in [1.29, 1.82) is 0 Å². The number of rotatable bonds is 7. The lowest BCUT2D eigenvalue weighted by atomic mass is 10.1. The van der Waals surface area contributed by atoms with Crippen LogP contribution < -0.4 is 10.6 Å². The lowest BCUT2D eigenvalue weighted by Gasteiger charge is -2.19. The van der Waals surface area contributed by atoms with Gasteiger partial charge in [-0.15, -0.1) is 0 Å². The molecule has 5 heteroatoms. The van der Waals surface area contributed by atoms with Crippen LogP contribution in [0.2, 0.25) is 0 Å². The summed E-state index contributed by atoms with van der Waals surface area (Å²) in [5, 5.41) is 5.33. The Balaban J connectivity index is 2.43. The summed E-state index contributed by atoms with van der Waals surface area (Å²) in [4.78, 5) is 22.7. The van der Waals surface area contributed by atoms with Gasteiger partial charge in [-0.3, -0.25) is 9.59 Å². The first kappa shape index (κ1) is 18.2. The molecule has 0 spiro atoms. The van der Waals surface area contributed by atoms with Crippen molar-refractivity contribution in [3.05, 3.63) is 35.4 Å². The Morgan fingerprint density at radius 1 is 1.09 bits per heavy atom. The molecule has 0 aliphatic heterocycles. The van der Waals surface area contributed by atoms with Gasteiger partial charge < -0.3 is 15.4 Å². The van der Waals surface area contributed by atoms with Gasteiger partial charge in [0.25, 0.3) is 0 Å². The van der Waals surface area contributed by atoms with E-state index in [1.165, 1.54) is 0 Å². The van der Waals surface area contributed by atoms with Crippen molar-refractivity contribution in [3.8, 4) is 0 Å². The Labute approximate surface area is 132 Å². The monoisotopic (exact) mass is 306 g/mol. The van der Waals surface area contributed by atoms with Crippen molar-refractivity contribution in [2.24, 2.45) is 0 Å². The Kier molecular flexibility index (Phi) is 7.05. The Morgan fingerprint density at radius 3 is 2.41 bits per heavy atom. The van der Waals surface area contributed by atoms with Gasteiger partial charge in [-0.2, -0.15) is 0 Å². The molecule has 2 N–H and O–H groups in total. The Hall–Kier alpha value is -1.88. The summed E-state index contributed by atoms with van der Waals surface area (Å²) >= 11 is 0. The standard InChI is InChI=1S/C17H26N2O3/c1-5-15(20)19-11-16(21)18-10-13-7-6-8-14(9-13)12-22-17(2,3)4/h6-9H,5,10-12H2,1-4H3,(H,18,21)(H,19,20). The molecule has 0 bridgehead atoms. The van der Waals surface area contributed by atoms with Crippen LogP contribution in [0.15, 0.2) is 24.3 Å². The average Bonchev–Trinajstić information content (AvgIpc) is 2.48. The molecule has 5 nitrogen and oxygen atoms in total. The number of benzene rings is 1. The fourth-order valence-corrected chi connectivity index (χ4v) is 1.70. The van der Waals surface area contributed by atoms with E-state index in [1.54, 1.807) is 6.92 Å². The molecular formula is C17H26N2O3. The number of ether oxygens (including phenoxy) is 1. The number of hydrogen-bond acceptors (Lipinski definition) is 3. The molecule has 0 aromatic heterocycles. The quantitative estimate of drug-likeness (QED) is 0.811. The van der Waals surface area contributed by atoms with Crippen molar-refractivity contribution < 1.29 is 14.3 Å². The van der Waals surface area contributed by atoms with Crippen molar-refractivity contribution in [1.82, 2.24) is 10.6 Å². The summed E-state index contributed by atoms with van der Waals surface area (Å²) in [6.45, 7) is 8.78. The zero-order valence-electron chi connectivity index (χ0n) is 13.9. The van der Waals surface area contributed by atoms with Crippen molar-refractivity contribution in [3.63, 3.8) is 0 Å². The second kappa shape index (κ2) is 8.54. The summed E-state index contributed by atoms with van der Waals surface area (Å²) < 4.78 is 5.74. The van der Waals surface area contributed by atoms with Crippen LogP contribution in [-0.4, -0.2) is 24.0 Å². The van der Waals surface area contributed by atoms with Crippen molar-refractivity contribution in [2.45, 2.75) is 52.9 Å². The largest absolute Gasteiger partial charge is 0.371 e. The highest BCUT2D eigenvalue weighted by molar-refractivity contribution is 5.84. The van der Waals surface area contributed by atoms with Crippen LogP contribution in [0.25, 0.3) is 0 Å². The van der Waals surface area contributed by atoms with E-state index in [0.717, 1.165) is 11.1 Å². The first-order chi connectivity index (χ1) is 10.3. The Bertz CT molecular complexity index is 507. The molecule has 1 aromatic rings. The van der Waals surface area contributed by atoms with Gasteiger partial charge in [0.15, 0.2) is 0 Å². The van der Waals surface area contributed by atoms with E-state index in [0.29, 0.717) is 19.6 Å². The smallest absolute Gasteiger partial charge is 0.239 e. The van der Waals surface area contributed by atoms with Gasteiger partial charge in [-0.25, -0.2) is 0 Å². The molecule has 1 rings (SSSR count). The lowest BCUT2D eigenvalue weighted by molar-refractivity contribution is -0.126. The summed E-state index contributed by atoms with van der Waals surface area (Å²) in [5.74, 6) is -0.324. The van der Waals surface area contributed by atoms with Gasteiger partial charge in [-0.1, -0.05) is 31.2 Å². The molecule has 0 saturated heterocycles. The van der Waals surface area contributed by atoms with Crippen molar-refractivity contribution >= 4 is 11.8 Å². The van der Waals surface area contributed by atoms with E-state index in [9.17, 15) is 9.59 Å². The van der Waals surface area contributed by atoms with Crippen LogP contribution in [0, 0.1) is 0 Å². The molecule has 22 heavy (non-hydrogen) atoms. The third-order valence-corrected chi connectivity index (χ3v) is 2.92. The zero-order chi connectivity index (χ0) is 16.6. The van der Waals surface area contributed by atoms with Crippen LogP contribution >= 0.6 is 0 Å². The molecule has 0 aliphatic carbocycles. The molecule has 0 unspecified atom stereocenters. The van der Waals surface area contributed by atoms with Gasteiger partial charge in [0.2, 0.25) is 11.8 Å². The van der Waals surface area contributed by atoms with E-state index < -0.39 is 0 Å². The molecule has 2 amide bonds. The highest BCUT2D eigenvalue weighted by Crippen LogP contribution is 2.13. The fourth-order valence-electron chi connectivity index (χ4n) is 1.70. The van der Waals surface area contributed by atoms with E-state index in [2.05, 4.69) is 10.6 Å². The molecule has 0 saturated carbocycles. The third kappa shape index (κ3) is 7.78. The second-order valence-corrected chi connectivity index (χ2v) is 6.13. The topological polar surface area (TPSA) is 67.4 Å². The van der Waals surface area contributed by atoms with Crippen LogP contribution in [0.1, 0.15) is 45.2 Å².